The molecule has 2 rings (SSSR count). The number of benzene rings is 1. The van der Waals surface area contributed by atoms with Crippen LogP contribution in [-0.4, -0.2) is 30.6 Å². The summed E-state index contributed by atoms with van der Waals surface area (Å²) in [5.41, 5.74) is 4.27. The van der Waals surface area contributed by atoms with Crippen LogP contribution >= 0.6 is 0 Å². The first-order chi connectivity index (χ1) is 8.72. The minimum Gasteiger partial charge on any atom is -0.311 e. The number of hydrogen-bond acceptors (Lipinski definition) is 2. The molecule has 2 heteroatoms. The van der Waals surface area contributed by atoms with Crippen LogP contribution in [-0.2, 0) is 6.54 Å². The van der Waals surface area contributed by atoms with Crippen molar-refractivity contribution in [1.29, 1.82) is 0 Å². The first kappa shape index (κ1) is 13.6. The van der Waals surface area contributed by atoms with Gasteiger partial charge in [-0.2, -0.15) is 0 Å². The van der Waals surface area contributed by atoms with Gasteiger partial charge in [0.2, 0.25) is 0 Å². The molecule has 1 fully saturated rings. The number of hydrogen-bond donors (Lipinski definition) is 1. The highest BCUT2D eigenvalue weighted by molar-refractivity contribution is 5.32. The van der Waals surface area contributed by atoms with Crippen LogP contribution in [0.1, 0.15) is 36.5 Å². The van der Waals surface area contributed by atoms with E-state index in [-0.39, 0.29) is 0 Å². The summed E-state index contributed by atoms with van der Waals surface area (Å²) in [5, 5.41) is 3.63. The van der Waals surface area contributed by atoms with Gasteiger partial charge in [0.25, 0.3) is 0 Å². The molecule has 0 spiro atoms. The molecular formula is C16H26N2. The summed E-state index contributed by atoms with van der Waals surface area (Å²) in [6, 6.07) is 7.34. The zero-order chi connectivity index (χ0) is 13.0. The zero-order valence-electron chi connectivity index (χ0n) is 12.0. The van der Waals surface area contributed by atoms with Gasteiger partial charge in [0, 0.05) is 19.1 Å². The first-order valence-electron chi connectivity index (χ1n) is 7.22. The fraction of sp³-hybridized carbons (Fsp3) is 0.625. The Hall–Kier alpha value is -0.860. The molecule has 1 saturated heterocycles. The summed E-state index contributed by atoms with van der Waals surface area (Å²) in [4.78, 5) is 2.59. The van der Waals surface area contributed by atoms with Gasteiger partial charge in [-0.25, -0.2) is 0 Å². The molecule has 1 aliphatic rings. The van der Waals surface area contributed by atoms with Crippen molar-refractivity contribution in [2.75, 3.05) is 19.6 Å². The number of aryl methyl sites for hydroxylation is 1. The van der Waals surface area contributed by atoms with E-state index >= 15 is 0 Å². The number of likely N-dealkylation sites (N-methyl/N-ethyl adjacent to an activating group) is 1. The Morgan fingerprint density at radius 1 is 1.33 bits per heavy atom. The highest BCUT2D eigenvalue weighted by Crippen LogP contribution is 2.16. The summed E-state index contributed by atoms with van der Waals surface area (Å²) in [5.74, 6) is 0. The van der Waals surface area contributed by atoms with Gasteiger partial charge in [-0.1, -0.05) is 25.1 Å². The second-order valence-electron chi connectivity index (χ2n) is 5.41. The molecule has 0 aliphatic carbocycles. The van der Waals surface area contributed by atoms with Crippen LogP contribution in [0.5, 0.6) is 0 Å². The van der Waals surface area contributed by atoms with Crippen molar-refractivity contribution in [3.05, 3.63) is 34.9 Å². The van der Waals surface area contributed by atoms with Crippen molar-refractivity contribution < 1.29 is 0 Å². The van der Waals surface area contributed by atoms with Crippen LogP contribution in [0.4, 0.5) is 0 Å². The summed E-state index contributed by atoms with van der Waals surface area (Å²) in [6.07, 6.45) is 2.72. The molecule has 1 aromatic carbocycles. The summed E-state index contributed by atoms with van der Waals surface area (Å²) in [6.45, 7) is 11.3. The van der Waals surface area contributed by atoms with E-state index in [4.69, 9.17) is 0 Å². The van der Waals surface area contributed by atoms with E-state index in [1.54, 1.807) is 0 Å². The monoisotopic (exact) mass is 246 g/mol. The molecule has 1 atom stereocenters. The molecule has 0 bridgehead atoms. The maximum atomic E-state index is 3.63. The standard InChI is InChI=1S/C16H26N2/c1-4-18-10-6-9-16(18)12-17-11-15-8-5-7-13(2)14(15)3/h5,7-8,16-17H,4,6,9-12H2,1-3H3. The summed E-state index contributed by atoms with van der Waals surface area (Å²) >= 11 is 0. The van der Waals surface area contributed by atoms with Gasteiger partial charge in [0.05, 0.1) is 0 Å². The largest absolute Gasteiger partial charge is 0.311 e. The third-order valence-electron chi connectivity index (χ3n) is 4.32. The topological polar surface area (TPSA) is 15.3 Å². The van der Waals surface area contributed by atoms with Crippen LogP contribution in [0.3, 0.4) is 0 Å². The van der Waals surface area contributed by atoms with Gasteiger partial charge in [-0.05, 0) is 56.5 Å². The third kappa shape index (κ3) is 3.12. The Bertz CT molecular complexity index is 387. The number of nitrogens with one attached hydrogen (secondary N) is 1. The average Bonchev–Trinajstić information content (AvgIpc) is 2.82. The molecule has 1 aromatic rings. The minimum absolute atomic E-state index is 0.750. The van der Waals surface area contributed by atoms with Crippen molar-refractivity contribution in [1.82, 2.24) is 10.2 Å². The molecule has 0 aromatic heterocycles. The van der Waals surface area contributed by atoms with Crippen molar-refractivity contribution in [3.8, 4) is 0 Å². The molecule has 1 aliphatic heterocycles. The minimum atomic E-state index is 0.750. The normalized spacial score (nSPS) is 20.5. The van der Waals surface area contributed by atoms with E-state index in [1.165, 1.54) is 42.6 Å². The summed E-state index contributed by atoms with van der Waals surface area (Å²) in [7, 11) is 0. The molecule has 2 nitrogen and oxygen atoms in total. The molecule has 100 valence electrons. The lowest BCUT2D eigenvalue weighted by Gasteiger charge is -2.23. The van der Waals surface area contributed by atoms with E-state index in [0.717, 1.165) is 19.1 Å². The van der Waals surface area contributed by atoms with Crippen molar-refractivity contribution in [2.24, 2.45) is 0 Å². The number of likely N-dealkylation sites (tertiary alicyclic amines) is 1. The van der Waals surface area contributed by atoms with Crippen LogP contribution < -0.4 is 5.32 Å². The average molecular weight is 246 g/mol. The predicted octanol–water partition coefficient (Wildman–Crippen LogP) is 2.88. The Kier molecular flexibility index (Phi) is 4.79. The van der Waals surface area contributed by atoms with Gasteiger partial charge in [0.15, 0.2) is 0 Å². The highest BCUT2D eigenvalue weighted by atomic mass is 15.2. The maximum absolute atomic E-state index is 3.63. The van der Waals surface area contributed by atoms with Gasteiger partial charge in [-0.3, -0.25) is 4.90 Å². The SMILES string of the molecule is CCN1CCCC1CNCc1cccc(C)c1C. The molecule has 0 amide bonds. The maximum Gasteiger partial charge on any atom is 0.0221 e. The Labute approximate surface area is 111 Å². The van der Waals surface area contributed by atoms with Crippen LogP contribution in [0, 0.1) is 13.8 Å². The molecule has 0 saturated carbocycles. The number of nitrogens with zero attached hydrogens (tertiary/aromatic N) is 1. The molecule has 0 radical (unpaired) electrons. The fourth-order valence-electron chi connectivity index (χ4n) is 2.92. The Morgan fingerprint density at radius 3 is 2.94 bits per heavy atom. The van der Waals surface area contributed by atoms with Crippen molar-refractivity contribution >= 4 is 0 Å². The molecular weight excluding hydrogens is 220 g/mol. The third-order valence-corrected chi connectivity index (χ3v) is 4.32. The lowest BCUT2D eigenvalue weighted by Crippen LogP contribution is -2.37. The molecule has 18 heavy (non-hydrogen) atoms. The second kappa shape index (κ2) is 6.35. The van der Waals surface area contributed by atoms with E-state index in [0.29, 0.717) is 0 Å². The van der Waals surface area contributed by atoms with E-state index in [1.807, 2.05) is 0 Å². The number of rotatable bonds is 5. The van der Waals surface area contributed by atoms with Crippen LogP contribution in [0.25, 0.3) is 0 Å². The fourth-order valence-corrected chi connectivity index (χ4v) is 2.92. The molecule has 1 N–H and O–H groups in total. The van der Waals surface area contributed by atoms with Gasteiger partial charge in [-0.15, -0.1) is 0 Å². The highest BCUT2D eigenvalue weighted by Gasteiger charge is 2.22. The van der Waals surface area contributed by atoms with Crippen molar-refractivity contribution in [2.45, 2.75) is 46.2 Å². The first-order valence-corrected chi connectivity index (χ1v) is 7.22. The smallest absolute Gasteiger partial charge is 0.0221 e. The van der Waals surface area contributed by atoms with Crippen LogP contribution in [0.2, 0.25) is 0 Å². The second-order valence-corrected chi connectivity index (χ2v) is 5.41. The van der Waals surface area contributed by atoms with E-state index in [9.17, 15) is 0 Å². The summed E-state index contributed by atoms with van der Waals surface area (Å²) < 4.78 is 0. The zero-order valence-corrected chi connectivity index (χ0v) is 12.0. The van der Waals surface area contributed by atoms with E-state index in [2.05, 4.69) is 49.2 Å². The lowest BCUT2D eigenvalue weighted by atomic mass is 10.0. The van der Waals surface area contributed by atoms with Gasteiger partial charge < -0.3 is 5.32 Å². The molecule has 1 unspecified atom stereocenters. The van der Waals surface area contributed by atoms with E-state index < -0.39 is 0 Å². The quantitative estimate of drug-likeness (QED) is 0.859. The predicted molar refractivity (Wildman–Crippen MR) is 77.9 cm³/mol. The Balaban J connectivity index is 1.83. The van der Waals surface area contributed by atoms with Gasteiger partial charge in [0.1, 0.15) is 0 Å². The van der Waals surface area contributed by atoms with Crippen molar-refractivity contribution in [3.63, 3.8) is 0 Å². The molecule has 1 heterocycles. The Morgan fingerprint density at radius 2 is 2.17 bits per heavy atom. The lowest BCUT2D eigenvalue weighted by molar-refractivity contribution is 0.260. The van der Waals surface area contributed by atoms with Crippen LogP contribution in [0.15, 0.2) is 18.2 Å². The van der Waals surface area contributed by atoms with Gasteiger partial charge >= 0.3 is 0 Å².